The number of hydroxylamine groups is 2. The number of carbonyl (C=O) groups is 5. The van der Waals surface area contributed by atoms with E-state index >= 15 is 0 Å². The summed E-state index contributed by atoms with van der Waals surface area (Å²) >= 11 is 17.7. The van der Waals surface area contributed by atoms with Crippen molar-refractivity contribution in [1.82, 2.24) is 5.06 Å². The number of para-hydroxylation sites is 1. The molecule has 0 N–H and O–H groups in total. The Hall–Kier alpha value is -6.06. The third-order valence-corrected chi connectivity index (χ3v) is 10.6. The van der Waals surface area contributed by atoms with Gasteiger partial charge in [-0.2, -0.15) is 13.2 Å². The number of carbonyl (C=O) groups excluding carboxylic acids is 5. The molecule has 8 atom stereocenters. The number of esters is 3. The Labute approximate surface area is 420 Å². The fraction of sp³-hybridized carbons (Fsp3) is 0.347. The first-order chi connectivity index (χ1) is 33.8. The quantitative estimate of drug-likeness (QED) is 0.0142. The summed E-state index contributed by atoms with van der Waals surface area (Å²) in [5, 5.41) is 0.149. The summed E-state index contributed by atoms with van der Waals surface area (Å²) in [6.07, 6.45) is -15.3. The maximum atomic E-state index is 15.0. The minimum Gasteiger partial charge on any atom is -0.458 e. The molecule has 0 aromatic heterocycles. The van der Waals surface area contributed by atoms with Crippen molar-refractivity contribution in [3.63, 3.8) is 0 Å². The lowest BCUT2D eigenvalue weighted by Crippen LogP contribution is -2.68. The van der Waals surface area contributed by atoms with Gasteiger partial charge in [0, 0.05) is 12.0 Å². The van der Waals surface area contributed by atoms with Crippen LogP contribution in [0.5, 0.6) is 0 Å². The number of nitrogens with zero attached hydrogens (tertiary/aromatic N) is 2. The average Bonchev–Trinajstić information content (AvgIpc) is 3.35. The first-order valence-corrected chi connectivity index (χ1v) is 22.9. The zero-order valence-corrected chi connectivity index (χ0v) is 40.0. The Morgan fingerprint density at radius 1 is 0.775 bits per heavy atom. The summed E-state index contributed by atoms with van der Waals surface area (Å²) in [6.45, 7) is 0.863. The van der Waals surface area contributed by atoms with Gasteiger partial charge in [-0.15, -0.1) is 5.06 Å². The third kappa shape index (κ3) is 16.5. The van der Waals surface area contributed by atoms with Gasteiger partial charge in [0.15, 0.2) is 12.4 Å². The maximum Gasteiger partial charge on any atom is 0.471 e. The van der Waals surface area contributed by atoms with Gasteiger partial charge in [-0.3, -0.25) is 4.79 Å². The molecule has 0 radical (unpaired) electrons. The highest BCUT2D eigenvalue weighted by atomic mass is 35.6. The average molecular weight is 1050 g/mol. The number of alkyl halides is 6. The second kappa shape index (κ2) is 25.4. The van der Waals surface area contributed by atoms with Crippen LogP contribution in [0, 0.1) is 0 Å². The van der Waals surface area contributed by atoms with E-state index in [4.69, 9.17) is 77.5 Å². The van der Waals surface area contributed by atoms with Crippen molar-refractivity contribution in [1.29, 1.82) is 0 Å². The van der Waals surface area contributed by atoms with Crippen molar-refractivity contribution in [3.05, 3.63) is 150 Å². The number of amides is 1. The minimum atomic E-state index is -5.37. The molecule has 4 aromatic carbocycles. The Bertz CT molecular complexity index is 2470. The molecule has 2 aliphatic rings. The van der Waals surface area contributed by atoms with E-state index in [9.17, 15) is 37.1 Å². The molecular weight excluding hydrogens is 1000 g/mol. The number of fused-ring (bicyclic) bond motifs is 1. The Morgan fingerprint density at radius 3 is 1.96 bits per heavy atom. The fourth-order valence-electron chi connectivity index (χ4n) is 6.99. The number of ketones is 1. The van der Waals surface area contributed by atoms with Gasteiger partial charge >= 0.3 is 36.1 Å². The lowest BCUT2D eigenvalue weighted by molar-refractivity contribution is -0.344. The molecule has 0 bridgehead atoms. The number of Topliss-reactive ketones (excluding diaryl/α,β-unsaturated/α-hetero) is 1. The molecule has 22 heteroatoms. The largest absolute Gasteiger partial charge is 0.471 e. The third-order valence-electron chi connectivity index (χ3n) is 10.2. The number of rotatable bonds is 17. The summed E-state index contributed by atoms with van der Waals surface area (Å²) in [5.41, 5.74) is 0.456. The van der Waals surface area contributed by atoms with E-state index in [0.717, 1.165) is 12.2 Å². The number of hydrogen-bond donors (Lipinski definition) is 0. The van der Waals surface area contributed by atoms with E-state index in [1.54, 1.807) is 66.7 Å². The Balaban J connectivity index is 1.46. The minimum absolute atomic E-state index is 0.0203. The number of benzene rings is 4. The van der Waals surface area contributed by atoms with Crippen LogP contribution in [0.15, 0.2) is 138 Å². The zero-order chi connectivity index (χ0) is 51.1. The molecule has 2 aliphatic heterocycles. The highest BCUT2D eigenvalue weighted by molar-refractivity contribution is 6.67. The number of hydrogen-bond acceptors (Lipinski definition) is 15. The van der Waals surface area contributed by atoms with Crippen molar-refractivity contribution in [2.75, 3.05) is 19.8 Å². The van der Waals surface area contributed by atoms with Crippen LogP contribution in [-0.4, -0.2) is 113 Å². The number of ether oxygens (including phenoxy) is 8. The van der Waals surface area contributed by atoms with Gasteiger partial charge in [0.1, 0.15) is 43.4 Å². The predicted molar refractivity (Wildman–Crippen MR) is 248 cm³/mol. The molecule has 4 aromatic rings. The predicted octanol–water partition coefficient (Wildman–Crippen LogP) is 9.55. The van der Waals surface area contributed by atoms with Gasteiger partial charge in [-0.25, -0.2) is 19.4 Å². The van der Waals surface area contributed by atoms with Crippen LogP contribution >= 0.6 is 34.8 Å². The van der Waals surface area contributed by atoms with Gasteiger partial charge in [0.2, 0.25) is 10.1 Å². The highest BCUT2D eigenvalue weighted by Gasteiger charge is 2.56. The number of halogens is 6. The van der Waals surface area contributed by atoms with E-state index in [-0.39, 0.29) is 47.1 Å². The summed E-state index contributed by atoms with van der Waals surface area (Å²) in [4.78, 5) is 75.0. The first kappa shape index (κ1) is 54.3. The molecule has 6 rings (SSSR count). The van der Waals surface area contributed by atoms with Gasteiger partial charge < -0.3 is 47.5 Å². The molecule has 378 valence electrons. The lowest BCUT2D eigenvalue weighted by Gasteiger charge is -2.50. The summed E-state index contributed by atoms with van der Waals surface area (Å²) in [5.74, 6) is -4.91. The Morgan fingerprint density at radius 2 is 1.37 bits per heavy atom. The van der Waals surface area contributed by atoms with E-state index in [1.807, 2.05) is 0 Å². The molecule has 2 heterocycles. The van der Waals surface area contributed by atoms with E-state index in [2.05, 4.69) is 4.99 Å². The molecule has 6 unspecified atom stereocenters. The van der Waals surface area contributed by atoms with Gasteiger partial charge in [0.05, 0.1) is 35.9 Å². The molecule has 0 saturated carbocycles. The topological polar surface area (TPSA) is 184 Å². The molecule has 2 fully saturated rings. The fourth-order valence-corrected chi connectivity index (χ4v) is 7.16. The molecule has 1 amide bonds. The van der Waals surface area contributed by atoms with Crippen LogP contribution in [0.1, 0.15) is 59.3 Å². The van der Waals surface area contributed by atoms with E-state index < -0.39 is 102 Å². The second-order valence-electron chi connectivity index (χ2n) is 15.7. The number of aliphatic imine (C=N–C) groups is 1. The lowest BCUT2D eigenvalue weighted by atomic mass is 9.92. The zero-order valence-electron chi connectivity index (χ0n) is 37.7. The summed E-state index contributed by atoms with van der Waals surface area (Å²) in [7, 11) is 0. The van der Waals surface area contributed by atoms with Gasteiger partial charge in [0.25, 0.3) is 0 Å². The Kier molecular flexibility index (Phi) is 19.4. The van der Waals surface area contributed by atoms with E-state index in [0.29, 0.717) is 5.56 Å². The standard InChI is InChI=1S/C49H46Cl3F3N2O14/c1-30(58)23-25-38(59)67-36(27-63-43(60)32-15-7-3-8-16-32)24-26-39(69-44(61)33-17-9-4-10-18-33)68-42-40(31(2)66-37-28-64-45(70-41(37)42)34-19-11-5-12-20-34)57(47(62)65-29-48(50,51)52)71-46(49(53,54)55)56-35-21-13-6-14-22-35/h3-22,24,26,31,36-37,39-42,45H,23,25,27-29H2,1-2H3/b26-24+,56-46?/t31?,36-,37?,39-,40?,41?,42?,45?/m0/s1. The van der Waals surface area contributed by atoms with Crippen LogP contribution in [0.4, 0.5) is 23.7 Å². The van der Waals surface area contributed by atoms with Gasteiger partial charge in [-0.05, 0) is 62.4 Å². The first-order valence-electron chi connectivity index (χ1n) is 21.7. The van der Waals surface area contributed by atoms with Gasteiger partial charge in [-0.1, -0.05) is 120 Å². The SMILES string of the molecule is CC(=O)CCC(=O)O[C@@H](/C=C/[C@H](OC(=O)c1ccccc1)OC1C2OC(c3ccccc3)OCC2OC(C)C1N(OC(=Nc1ccccc1)C(F)(F)F)C(=O)OCC(Cl)(Cl)Cl)COC(=O)c1ccccc1. The van der Waals surface area contributed by atoms with Crippen molar-refractivity contribution in [2.24, 2.45) is 4.99 Å². The molecule has 0 spiro atoms. The summed E-state index contributed by atoms with van der Waals surface area (Å²) < 4.78 is 90.3. The molecular formula is C49H46Cl3F3N2O14. The van der Waals surface area contributed by atoms with Crippen LogP contribution in [0.3, 0.4) is 0 Å². The van der Waals surface area contributed by atoms with Crippen LogP contribution in [-0.2, 0) is 52.3 Å². The van der Waals surface area contributed by atoms with E-state index in [1.165, 1.54) is 68.4 Å². The monoisotopic (exact) mass is 1050 g/mol. The van der Waals surface area contributed by atoms with Crippen molar-refractivity contribution in [2.45, 2.75) is 85.8 Å². The molecule has 0 aliphatic carbocycles. The maximum absolute atomic E-state index is 15.0. The van der Waals surface area contributed by atoms with Crippen molar-refractivity contribution >= 4 is 76.2 Å². The van der Waals surface area contributed by atoms with Crippen LogP contribution in [0.25, 0.3) is 0 Å². The highest BCUT2D eigenvalue weighted by Crippen LogP contribution is 2.39. The molecule has 71 heavy (non-hydrogen) atoms. The smallest absolute Gasteiger partial charge is 0.458 e. The molecule has 2 saturated heterocycles. The van der Waals surface area contributed by atoms with Crippen LogP contribution < -0.4 is 0 Å². The van der Waals surface area contributed by atoms with Crippen LogP contribution in [0.2, 0.25) is 0 Å². The summed E-state index contributed by atoms with van der Waals surface area (Å²) in [6, 6.07) is 29.0. The normalized spacial score (nSPS) is 21.2. The second-order valence-corrected chi connectivity index (χ2v) is 18.2. The van der Waals surface area contributed by atoms with Crippen molar-refractivity contribution in [3.8, 4) is 0 Å². The molecule has 16 nitrogen and oxygen atoms in total. The van der Waals surface area contributed by atoms with Crippen molar-refractivity contribution < 1.29 is 79.9 Å².